The van der Waals surface area contributed by atoms with Gasteiger partial charge in [-0.25, -0.2) is 0 Å². The molecule has 3 rings (SSSR count). The number of ether oxygens (including phenoxy) is 1. The van der Waals surface area contributed by atoms with Crippen LogP contribution in [0.15, 0.2) is 28.8 Å². The Morgan fingerprint density at radius 2 is 2.23 bits per heavy atom. The normalized spacial score (nSPS) is 16.5. The third-order valence-corrected chi connectivity index (χ3v) is 3.53. The number of fused-ring (bicyclic) bond motifs is 1. The van der Waals surface area contributed by atoms with Crippen LogP contribution < -0.4 is 10.1 Å². The van der Waals surface area contributed by atoms with Crippen molar-refractivity contribution in [1.29, 1.82) is 0 Å². The predicted molar refractivity (Wildman–Crippen MR) is 82.7 cm³/mol. The molecule has 2 aromatic rings. The van der Waals surface area contributed by atoms with Crippen molar-refractivity contribution in [3.63, 3.8) is 0 Å². The van der Waals surface area contributed by atoms with Gasteiger partial charge in [-0.1, -0.05) is 5.16 Å². The second-order valence-electron chi connectivity index (χ2n) is 6.04. The molecule has 0 aliphatic carbocycles. The maximum atomic E-state index is 11.7. The average Bonchev–Trinajstić information content (AvgIpc) is 3.01. The molecular weight excluding hydrogens is 280 g/mol. The number of hydrogen-bond acceptors (Lipinski definition) is 4. The van der Waals surface area contributed by atoms with Crippen LogP contribution in [0.2, 0.25) is 0 Å². The van der Waals surface area contributed by atoms with E-state index in [0.717, 1.165) is 17.7 Å². The van der Waals surface area contributed by atoms with Crippen LogP contribution in [0.1, 0.15) is 32.0 Å². The summed E-state index contributed by atoms with van der Waals surface area (Å²) in [7, 11) is 0. The quantitative estimate of drug-likeness (QED) is 0.943. The maximum Gasteiger partial charge on any atom is 0.226 e. The van der Waals surface area contributed by atoms with Crippen molar-refractivity contribution in [2.24, 2.45) is 0 Å². The van der Waals surface area contributed by atoms with E-state index in [9.17, 15) is 4.79 Å². The number of hydrogen-bond donors (Lipinski definition) is 1. The lowest BCUT2D eigenvalue weighted by Crippen LogP contribution is -2.31. The molecule has 0 unspecified atom stereocenters. The Hall–Kier alpha value is -2.30. The molecule has 0 saturated carbocycles. The number of rotatable bonds is 4. The molecule has 0 fully saturated rings. The smallest absolute Gasteiger partial charge is 0.226 e. The second-order valence-corrected chi connectivity index (χ2v) is 6.04. The summed E-state index contributed by atoms with van der Waals surface area (Å²) in [5.74, 6) is 1.56. The van der Waals surface area contributed by atoms with Gasteiger partial charge in [0.1, 0.15) is 11.9 Å². The molecule has 0 bridgehead atoms. The van der Waals surface area contributed by atoms with Crippen LogP contribution >= 0.6 is 0 Å². The number of carbonyl (C=O) groups excluding carboxylic acids is 1. The SMILES string of the molecule is CC(C)NC(=O)Cc1cc(-c2ccc3c(c2)C[C@@H](C)O3)on1. The Kier molecular flexibility index (Phi) is 3.88. The highest BCUT2D eigenvalue weighted by Gasteiger charge is 2.20. The van der Waals surface area contributed by atoms with Crippen molar-refractivity contribution < 1.29 is 14.1 Å². The van der Waals surface area contributed by atoms with Gasteiger partial charge in [-0.15, -0.1) is 0 Å². The van der Waals surface area contributed by atoms with Crippen LogP contribution in [0.4, 0.5) is 0 Å². The summed E-state index contributed by atoms with van der Waals surface area (Å²) in [6.45, 7) is 5.92. The highest BCUT2D eigenvalue weighted by atomic mass is 16.5. The lowest BCUT2D eigenvalue weighted by molar-refractivity contribution is -0.121. The summed E-state index contributed by atoms with van der Waals surface area (Å²) in [6.07, 6.45) is 1.35. The van der Waals surface area contributed by atoms with Crippen molar-refractivity contribution in [2.75, 3.05) is 0 Å². The van der Waals surface area contributed by atoms with Crippen LogP contribution in [0.25, 0.3) is 11.3 Å². The fraction of sp³-hybridized carbons (Fsp3) is 0.412. The van der Waals surface area contributed by atoms with Gasteiger partial charge in [0, 0.05) is 24.1 Å². The third-order valence-electron chi connectivity index (χ3n) is 3.53. The molecule has 5 heteroatoms. The van der Waals surface area contributed by atoms with Gasteiger partial charge in [0.2, 0.25) is 5.91 Å². The van der Waals surface area contributed by atoms with Gasteiger partial charge in [-0.05, 0) is 44.5 Å². The number of amides is 1. The van der Waals surface area contributed by atoms with Gasteiger partial charge in [-0.2, -0.15) is 0 Å². The first-order chi connectivity index (χ1) is 10.5. The van der Waals surface area contributed by atoms with E-state index in [0.29, 0.717) is 11.5 Å². The zero-order valence-electron chi connectivity index (χ0n) is 13.1. The Morgan fingerprint density at radius 3 is 3.00 bits per heavy atom. The Labute approximate surface area is 129 Å². The molecule has 1 N–H and O–H groups in total. The molecule has 2 heterocycles. The van der Waals surface area contributed by atoms with E-state index in [1.807, 2.05) is 32.0 Å². The summed E-state index contributed by atoms with van der Waals surface area (Å²) in [5.41, 5.74) is 2.78. The third kappa shape index (κ3) is 3.13. The second kappa shape index (κ2) is 5.83. The van der Waals surface area contributed by atoms with Gasteiger partial charge in [0.15, 0.2) is 5.76 Å². The molecular formula is C17H20N2O3. The topological polar surface area (TPSA) is 64.4 Å². The summed E-state index contributed by atoms with van der Waals surface area (Å²) < 4.78 is 11.1. The first kappa shape index (κ1) is 14.6. The molecule has 1 atom stereocenters. The molecule has 1 aromatic heterocycles. The predicted octanol–water partition coefficient (Wildman–Crippen LogP) is 2.73. The van der Waals surface area contributed by atoms with Crippen LogP contribution in [0.5, 0.6) is 5.75 Å². The minimum atomic E-state index is -0.0500. The van der Waals surface area contributed by atoms with E-state index in [1.165, 1.54) is 5.56 Å². The zero-order valence-corrected chi connectivity index (χ0v) is 13.1. The number of carbonyl (C=O) groups is 1. The zero-order chi connectivity index (χ0) is 15.7. The molecule has 0 saturated heterocycles. The maximum absolute atomic E-state index is 11.7. The summed E-state index contributed by atoms with van der Waals surface area (Å²) in [5, 5.41) is 6.82. The minimum absolute atomic E-state index is 0.0500. The van der Waals surface area contributed by atoms with Gasteiger partial charge in [0.05, 0.1) is 12.1 Å². The Morgan fingerprint density at radius 1 is 1.41 bits per heavy atom. The van der Waals surface area contributed by atoms with E-state index in [-0.39, 0.29) is 24.5 Å². The number of benzene rings is 1. The first-order valence-electron chi connectivity index (χ1n) is 7.56. The largest absolute Gasteiger partial charge is 0.490 e. The van der Waals surface area contributed by atoms with Gasteiger partial charge >= 0.3 is 0 Å². The van der Waals surface area contributed by atoms with Crippen molar-refractivity contribution in [2.45, 2.75) is 45.8 Å². The highest BCUT2D eigenvalue weighted by molar-refractivity contribution is 5.78. The van der Waals surface area contributed by atoms with Crippen molar-refractivity contribution in [1.82, 2.24) is 10.5 Å². The van der Waals surface area contributed by atoms with Gasteiger partial charge in [-0.3, -0.25) is 4.79 Å². The summed E-state index contributed by atoms with van der Waals surface area (Å²) >= 11 is 0. The number of nitrogens with zero attached hydrogens (tertiary/aromatic N) is 1. The fourth-order valence-corrected chi connectivity index (χ4v) is 2.64. The molecule has 116 valence electrons. The molecule has 1 aliphatic heterocycles. The van der Waals surface area contributed by atoms with Crippen molar-refractivity contribution >= 4 is 5.91 Å². The average molecular weight is 300 g/mol. The number of nitrogens with one attached hydrogen (secondary N) is 1. The molecule has 22 heavy (non-hydrogen) atoms. The van der Waals surface area contributed by atoms with E-state index in [2.05, 4.69) is 23.5 Å². The van der Waals surface area contributed by atoms with E-state index < -0.39 is 0 Å². The van der Waals surface area contributed by atoms with Gasteiger partial charge in [0.25, 0.3) is 0 Å². The van der Waals surface area contributed by atoms with Gasteiger partial charge < -0.3 is 14.6 Å². The van der Waals surface area contributed by atoms with Crippen LogP contribution in [0.3, 0.4) is 0 Å². The standard InChI is InChI=1S/C17H20N2O3/c1-10(2)18-17(20)9-14-8-16(22-19-14)12-4-5-15-13(7-12)6-11(3)21-15/h4-5,7-8,10-11H,6,9H2,1-3H3,(H,18,20)/t11-/m1/s1. The first-order valence-corrected chi connectivity index (χ1v) is 7.56. The summed E-state index contributed by atoms with van der Waals surface area (Å²) in [6, 6.07) is 7.92. The molecule has 1 amide bonds. The van der Waals surface area contributed by atoms with Crippen LogP contribution in [0, 0.1) is 0 Å². The van der Waals surface area contributed by atoms with E-state index >= 15 is 0 Å². The van der Waals surface area contributed by atoms with E-state index in [1.54, 1.807) is 0 Å². The van der Waals surface area contributed by atoms with Crippen LogP contribution in [-0.4, -0.2) is 23.2 Å². The van der Waals surface area contributed by atoms with Crippen LogP contribution in [-0.2, 0) is 17.6 Å². The van der Waals surface area contributed by atoms with Crippen molar-refractivity contribution in [3.8, 4) is 17.1 Å². The Bertz CT molecular complexity index is 691. The molecule has 0 radical (unpaired) electrons. The van der Waals surface area contributed by atoms with Crippen molar-refractivity contribution in [3.05, 3.63) is 35.5 Å². The minimum Gasteiger partial charge on any atom is -0.490 e. The molecule has 5 nitrogen and oxygen atoms in total. The summed E-state index contributed by atoms with van der Waals surface area (Å²) in [4.78, 5) is 11.7. The lowest BCUT2D eigenvalue weighted by Gasteiger charge is -2.05. The monoisotopic (exact) mass is 300 g/mol. The van der Waals surface area contributed by atoms with E-state index in [4.69, 9.17) is 9.26 Å². The molecule has 0 spiro atoms. The molecule has 1 aliphatic rings. The lowest BCUT2D eigenvalue weighted by atomic mass is 10.1. The Balaban J connectivity index is 1.74. The molecule has 1 aromatic carbocycles. The number of aromatic nitrogens is 1. The highest BCUT2D eigenvalue weighted by Crippen LogP contribution is 2.33. The fourth-order valence-electron chi connectivity index (χ4n) is 2.64.